The molecule has 2 fully saturated rings. The summed E-state index contributed by atoms with van der Waals surface area (Å²) in [7, 11) is 0. The van der Waals surface area contributed by atoms with Crippen LogP contribution in [0.25, 0.3) is 6.08 Å². The minimum Gasteiger partial charge on any atom is -0.392 e. The van der Waals surface area contributed by atoms with Gasteiger partial charge in [-0.05, 0) is 38.7 Å². The number of halogens is 1. The highest BCUT2D eigenvalue weighted by molar-refractivity contribution is 7.09. The largest absolute Gasteiger partial charge is 0.392 e. The van der Waals surface area contributed by atoms with Gasteiger partial charge in [-0.25, -0.2) is 4.98 Å². The number of hydrogen-bond donors (Lipinski definition) is 3. The summed E-state index contributed by atoms with van der Waals surface area (Å²) >= 11 is 8.20. The minimum absolute atomic E-state index is 0.0636. The van der Waals surface area contributed by atoms with E-state index in [2.05, 4.69) is 16.2 Å². The number of hydrogen-bond acceptors (Lipinski definition) is 7. The molecule has 7 nitrogen and oxygen atoms in total. The van der Waals surface area contributed by atoms with E-state index in [1.54, 1.807) is 19.9 Å². The number of nitrogens with zero attached hydrogens (tertiary/aromatic N) is 1. The molecule has 0 saturated carbocycles. The van der Waals surface area contributed by atoms with Crippen molar-refractivity contribution >= 4 is 40.7 Å². The van der Waals surface area contributed by atoms with E-state index in [9.17, 15) is 19.8 Å². The summed E-state index contributed by atoms with van der Waals surface area (Å²) in [5.41, 5.74) is -0.927. The standard InChI is InChI=1S/C28H39ClN2O5S/c1-7-9-19-25(34)16(2)10-8-11-28(6)23(36-28)13-21(20(29)12-18-15-37-17(3)30-18)31-24(33)14-22(32)27(4,5)26(19)35/h1,12,15-16,19,21-23,25,32,34H,8-11,13-14H2,2-6H3,(H,31,33). The number of carbonyl (C=O) groups is 2. The van der Waals surface area contributed by atoms with Crippen molar-refractivity contribution in [3.8, 4) is 12.3 Å². The lowest BCUT2D eigenvalue weighted by atomic mass is 9.71. The summed E-state index contributed by atoms with van der Waals surface area (Å²) < 4.78 is 6.05. The molecule has 0 bridgehead atoms. The lowest BCUT2D eigenvalue weighted by Gasteiger charge is -2.35. The number of aliphatic hydroxyl groups is 2. The molecule has 7 unspecified atom stereocenters. The maximum Gasteiger partial charge on any atom is 0.223 e. The Morgan fingerprint density at radius 3 is 2.70 bits per heavy atom. The van der Waals surface area contributed by atoms with Crippen LogP contribution in [0.2, 0.25) is 0 Å². The predicted octanol–water partition coefficient (Wildman–Crippen LogP) is 4.23. The third-order valence-corrected chi connectivity index (χ3v) is 9.09. The Morgan fingerprint density at radius 1 is 1.38 bits per heavy atom. The Kier molecular flexibility index (Phi) is 9.63. The van der Waals surface area contributed by atoms with Gasteiger partial charge in [0, 0.05) is 23.3 Å². The summed E-state index contributed by atoms with van der Waals surface area (Å²) in [4.78, 5) is 31.0. The molecule has 1 aromatic rings. The molecule has 7 atom stereocenters. The van der Waals surface area contributed by atoms with E-state index in [4.69, 9.17) is 22.8 Å². The first-order valence-corrected chi connectivity index (χ1v) is 14.1. The normalized spacial score (nSPS) is 35.8. The first-order chi connectivity index (χ1) is 17.3. The summed E-state index contributed by atoms with van der Waals surface area (Å²) in [6.45, 7) is 9.05. The molecule has 2 aliphatic rings. The van der Waals surface area contributed by atoms with Crippen molar-refractivity contribution in [3.63, 3.8) is 0 Å². The zero-order chi connectivity index (χ0) is 27.5. The molecule has 204 valence electrons. The average molecular weight is 551 g/mol. The number of Topliss-reactive ketones (excluding diaryl/α,β-unsaturated/α-hetero) is 1. The number of ketones is 1. The van der Waals surface area contributed by atoms with E-state index in [-0.39, 0.29) is 36.2 Å². The van der Waals surface area contributed by atoms with Gasteiger partial charge in [-0.2, -0.15) is 0 Å². The molecule has 3 rings (SSSR count). The number of nitrogens with one attached hydrogen (secondary N) is 1. The van der Waals surface area contributed by atoms with Gasteiger partial charge in [-0.3, -0.25) is 9.59 Å². The lowest BCUT2D eigenvalue weighted by molar-refractivity contribution is -0.143. The highest BCUT2D eigenvalue weighted by Gasteiger charge is 2.52. The van der Waals surface area contributed by atoms with Crippen molar-refractivity contribution in [2.75, 3.05) is 0 Å². The van der Waals surface area contributed by atoms with E-state index < -0.39 is 35.5 Å². The Morgan fingerprint density at radius 2 is 2.08 bits per heavy atom. The van der Waals surface area contributed by atoms with Gasteiger partial charge in [-0.1, -0.05) is 38.8 Å². The fourth-order valence-electron chi connectivity index (χ4n) is 5.12. The van der Waals surface area contributed by atoms with Crippen molar-refractivity contribution < 1.29 is 24.5 Å². The summed E-state index contributed by atoms with van der Waals surface area (Å²) in [5, 5.41) is 28.2. The average Bonchev–Trinajstić information content (AvgIpc) is 3.27. The third-order valence-electron chi connectivity index (χ3n) is 7.93. The minimum atomic E-state index is -1.29. The second-order valence-electron chi connectivity index (χ2n) is 11.3. The van der Waals surface area contributed by atoms with Gasteiger partial charge in [-0.15, -0.1) is 23.7 Å². The molecule has 1 aromatic heterocycles. The van der Waals surface area contributed by atoms with Crippen molar-refractivity contribution in [1.82, 2.24) is 10.3 Å². The van der Waals surface area contributed by atoms with Crippen LogP contribution in [0.5, 0.6) is 0 Å². The zero-order valence-corrected chi connectivity index (χ0v) is 23.9. The van der Waals surface area contributed by atoms with Crippen molar-refractivity contribution in [3.05, 3.63) is 21.1 Å². The van der Waals surface area contributed by atoms with Gasteiger partial charge >= 0.3 is 0 Å². The van der Waals surface area contributed by atoms with E-state index in [0.29, 0.717) is 23.6 Å². The molecule has 0 spiro atoms. The maximum absolute atomic E-state index is 13.5. The number of thiazole rings is 1. The Labute approximate surface area is 229 Å². The van der Waals surface area contributed by atoms with Crippen molar-refractivity contribution in [2.24, 2.45) is 17.3 Å². The van der Waals surface area contributed by atoms with E-state index in [0.717, 1.165) is 17.8 Å². The molecule has 2 aliphatic heterocycles. The maximum atomic E-state index is 13.5. The summed E-state index contributed by atoms with van der Waals surface area (Å²) in [5.74, 6) is 0.733. The smallest absolute Gasteiger partial charge is 0.223 e. The molecular formula is C28H39ClN2O5S. The number of terminal acetylenes is 1. The monoisotopic (exact) mass is 550 g/mol. The molecule has 0 aliphatic carbocycles. The fraction of sp³-hybridized carbons (Fsp3) is 0.679. The SMILES string of the molecule is C#CCC1C(=O)C(C)(C)C(O)CC(=O)NC(C(Cl)=Cc2csc(C)n2)CC2OC2(C)CCCC(C)C1O. The number of amides is 1. The van der Waals surface area contributed by atoms with Crippen LogP contribution in [0.4, 0.5) is 0 Å². The quantitative estimate of drug-likeness (QED) is 0.383. The number of rotatable bonds is 3. The number of aliphatic hydroxyl groups excluding tert-OH is 2. The van der Waals surface area contributed by atoms with Crippen LogP contribution >= 0.6 is 22.9 Å². The van der Waals surface area contributed by atoms with Crippen molar-refractivity contribution in [2.45, 2.75) is 103 Å². The van der Waals surface area contributed by atoms with Gasteiger partial charge in [0.25, 0.3) is 0 Å². The number of aromatic nitrogens is 1. The first kappa shape index (κ1) is 29.8. The molecule has 37 heavy (non-hydrogen) atoms. The topological polar surface area (TPSA) is 112 Å². The van der Waals surface area contributed by atoms with Gasteiger partial charge in [0.05, 0.1) is 58.4 Å². The highest BCUT2D eigenvalue weighted by atomic mass is 35.5. The Hall–Kier alpha value is -1.76. The van der Waals surface area contributed by atoms with Crippen LogP contribution in [-0.2, 0) is 14.3 Å². The summed E-state index contributed by atoms with van der Waals surface area (Å²) in [6, 6.07) is -0.531. The number of carbonyl (C=O) groups excluding carboxylic acids is 2. The molecule has 9 heteroatoms. The van der Waals surface area contributed by atoms with Crippen LogP contribution < -0.4 is 5.32 Å². The Balaban J connectivity index is 1.89. The highest BCUT2D eigenvalue weighted by Crippen LogP contribution is 2.45. The molecule has 3 heterocycles. The molecule has 3 N–H and O–H groups in total. The molecular weight excluding hydrogens is 512 g/mol. The number of ether oxygens (including phenoxy) is 1. The number of epoxide rings is 1. The van der Waals surface area contributed by atoms with Crippen LogP contribution in [0.1, 0.15) is 76.9 Å². The molecule has 1 amide bonds. The van der Waals surface area contributed by atoms with Crippen LogP contribution in [0.15, 0.2) is 10.4 Å². The van der Waals surface area contributed by atoms with Gasteiger partial charge in [0.15, 0.2) is 0 Å². The second kappa shape index (κ2) is 12.0. The van der Waals surface area contributed by atoms with Crippen LogP contribution in [0, 0.1) is 36.5 Å². The third kappa shape index (κ3) is 7.21. The van der Waals surface area contributed by atoms with E-state index in [1.165, 1.54) is 11.3 Å². The van der Waals surface area contributed by atoms with Gasteiger partial charge in [0.2, 0.25) is 5.91 Å². The van der Waals surface area contributed by atoms with Crippen LogP contribution in [-0.4, -0.2) is 56.8 Å². The zero-order valence-electron chi connectivity index (χ0n) is 22.3. The fourth-order valence-corrected chi connectivity index (χ4v) is 5.94. The van der Waals surface area contributed by atoms with Crippen molar-refractivity contribution in [1.29, 1.82) is 0 Å². The van der Waals surface area contributed by atoms with E-state index in [1.807, 2.05) is 26.2 Å². The summed E-state index contributed by atoms with van der Waals surface area (Å²) in [6.07, 6.45) is 7.48. The van der Waals surface area contributed by atoms with Gasteiger partial charge in [0.1, 0.15) is 5.78 Å². The van der Waals surface area contributed by atoms with Crippen LogP contribution in [0.3, 0.4) is 0 Å². The molecule has 2 saturated heterocycles. The lowest BCUT2D eigenvalue weighted by Crippen LogP contribution is -2.48. The molecule has 0 radical (unpaired) electrons. The number of fused-ring (bicyclic) bond motifs is 1. The molecule has 0 aromatic carbocycles. The predicted molar refractivity (Wildman–Crippen MR) is 146 cm³/mol. The van der Waals surface area contributed by atoms with Gasteiger partial charge < -0.3 is 20.3 Å². The van der Waals surface area contributed by atoms with E-state index >= 15 is 0 Å². The number of aryl methyl sites for hydroxylation is 1. The Bertz CT molecular complexity index is 1060. The second-order valence-corrected chi connectivity index (χ2v) is 12.8. The first-order valence-electron chi connectivity index (χ1n) is 12.9.